The van der Waals surface area contributed by atoms with Crippen molar-refractivity contribution < 1.29 is 19.1 Å². The molecule has 1 saturated heterocycles. The molecule has 0 unspecified atom stereocenters. The minimum atomic E-state index is -0.517. The molecule has 2 heterocycles. The minimum Gasteiger partial charge on any atom is -0.493 e. The first-order valence-corrected chi connectivity index (χ1v) is 11.0. The number of halogens is 1. The summed E-state index contributed by atoms with van der Waals surface area (Å²) in [4.78, 5) is 28.2. The van der Waals surface area contributed by atoms with Crippen molar-refractivity contribution in [2.45, 2.75) is 31.8 Å². The maximum atomic E-state index is 13.3. The second-order valence-corrected chi connectivity index (χ2v) is 8.49. The first-order chi connectivity index (χ1) is 14.5. The van der Waals surface area contributed by atoms with Crippen molar-refractivity contribution in [2.75, 3.05) is 20.3 Å². The predicted octanol–water partition coefficient (Wildman–Crippen LogP) is 4.20. The lowest BCUT2D eigenvalue weighted by Gasteiger charge is -2.30. The second-order valence-electron chi connectivity index (χ2n) is 7.00. The summed E-state index contributed by atoms with van der Waals surface area (Å²) in [5.74, 6) is 0.797. The largest absolute Gasteiger partial charge is 0.493 e. The number of hydrogen-bond donors (Lipinski definition) is 1. The smallest absolute Gasteiger partial charge is 0.264 e. The Hall–Kier alpha value is -2.51. The van der Waals surface area contributed by atoms with E-state index in [0.717, 1.165) is 18.4 Å². The molecule has 1 aromatic heterocycles. The number of rotatable bonds is 8. The fraction of sp³-hybridized carbons (Fsp3) is 0.364. The minimum absolute atomic E-state index is 0.110. The molecule has 160 valence electrons. The summed E-state index contributed by atoms with van der Waals surface area (Å²) in [6, 6.07) is 8.55. The molecule has 6 nitrogen and oxygen atoms in total. The quantitative estimate of drug-likeness (QED) is 0.657. The number of benzene rings is 1. The summed E-state index contributed by atoms with van der Waals surface area (Å²) < 4.78 is 11.0. The molecule has 0 radical (unpaired) electrons. The fourth-order valence-corrected chi connectivity index (χ4v) is 4.10. The first kappa shape index (κ1) is 22.2. The van der Waals surface area contributed by atoms with Gasteiger partial charge in [-0.05, 0) is 48.4 Å². The van der Waals surface area contributed by atoms with Crippen molar-refractivity contribution in [3.8, 4) is 11.5 Å². The van der Waals surface area contributed by atoms with Crippen LogP contribution in [0.1, 0.15) is 34.5 Å². The van der Waals surface area contributed by atoms with Gasteiger partial charge in [-0.1, -0.05) is 30.3 Å². The highest BCUT2D eigenvalue weighted by Crippen LogP contribution is 2.30. The second kappa shape index (κ2) is 10.5. The number of methoxy groups -OCH3 is 1. The van der Waals surface area contributed by atoms with Gasteiger partial charge in [-0.2, -0.15) is 0 Å². The molecule has 0 aliphatic carbocycles. The van der Waals surface area contributed by atoms with E-state index >= 15 is 0 Å². The van der Waals surface area contributed by atoms with Gasteiger partial charge in [0.05, 0.1) is 12.0 Å². The van der Waals surface area contributed by atoms with Crippen molar-refractivity contribution in [3.63, 3.8) is 0 Å². The van der Waals surface area contributed by atoms with Crippen LogP contribution in [0.25, 0.3) is 0 Å². The van der Waals surface area contributed by atoms with Crippen molar-refractivity contribution >= 4 is 34.8 Å². The Morgan fingerprint density at radius 3 is 2.87 bits per heavy atom. The third-order valence-corrected chi connectivity index (χ3v) is 5.81. The number of hydrogen-bond acceptors (Lipinski definition) is 5. The van der Waals surface area contributed by atoms with E-state index in [2.05, 4.69) is 11.9 Å². The molecule has 1 fully saturated rings. The molecule has 1 aliphatic rings. The lowest BCUT2D eigenvalue weighted by molar-refractivity contribution is -0.125. The number of nitrogens with one attached hydrogen (secondary N) is 1. The van der Waals surface area contributed by atoms with Gasteiger partial charge in [-0.15, -0.1) is 11.3 Å². The van der Waals surface area contributed by atoms with Crippen LogP contribution in [0.5, 0.6) is 11.5 Å². The van der Waals surface area contributed by atoms with Crippen molar-refractivity contribution in [1.82, 2.24) is 10.2 Å². The highest BCUT2D eigenvalue weighted by molar-refractivity contribution is 7.12. The molecule has 0 saturated carbocycles. The zero-order valence-electron chi connectivity index (χ0n) is 16.9. The van der Waals surface area contributed by atoms with E-state index < -0.39 is 6.04 Å². The molecule has 0 bridgehead atoms. The number of amides is 2. The van der Waals surface area contributed by atoms with Gasteiger partial charge in [0.1, 0.15) is 12.6 Å². The predicted molar refractivity (Wildman–Crippen MR) is 118 cm³/mol. The third kappa shape index (κ3) is 5.55. The normalized spacial score (nSPS) is 16.3. The molecule has 30 heavy (non-hydrogen) atoms. The summed E-state index contributed by atoms with van der Waals surface area (Å²) in [6.07, 6.45) is 2.42. The highest BCUT2D eigenvalue weighted by Gasteiger charge is 2.32. The standard InChI is InChI=1S/C22H25ClN2O4S/c1-15(23)14-29-19-12-16(8-9-18(19)28-2)13-25(22(27)20-7-5-11-30-20)17-6-3-4-10-24-21(17)26/h5,7-9,11-12,17H,1,3-4,6,10,13-14H2,2H3,(H,24,26)/t17-/m0/s1. The van der Waals surface area contributed by atoms with Gasteiger partial charge in [-0.25, -0.2) is 0 Å². The summed E-state index contributed by atoms with van der Waals surface area (Å²) in [5.41, 5.74) is 0.827. The Kier molecular flexibility index (Phi) is 7.76. The van der Waals surface area contributed by atoms with Crippen LogP contribution in [0.15, 0.2) is 47.3 Å². The van der Waals surface area contributed by atoms with E-state index in [4.69, 9.17) is 21.1 Å². The molecule has 1 aliphatic heterocycles. The van der Waals surface area contributed by atoms with E-state index in [1.807, 2.05) is 23.6 Å². The first-order valence-electron chi connectivity index (χ1n) is 9.74. The lowest BCUT2D eigenvalue weighted by Crippen LogP contribution is -2.48. The monoisotopic (exact) mass is 448 g/mol. The van der Waals surface area contributed by atoms with E-state index in [9.17, 15) is 9.59 Å². The van der Waals surface area contributed by atoms with E-state index in [1.165, 1.54) is 11.3 Å². The molecule has 1 aromatic carbocycles. The van der Waals surface area contributed by atoms with Crippen LogP contribution in [0, 0.1) is 0 Å². The van der Waals surface area contributed by atoms with Crippen molar-refractivity contribution in [2.24, 2.45) is 0 Å². The van der Waals surface area contributed by atoms with Crippen LogP contribution in [-0.2, 0) is 11.3 Å². The van der Waals surface area contributed by atoms with E-state index in [0.29, 0.717) is 34.4 Å². The average Bonchev–Trinajstić information content (AvgIpc) is 3.19. The third-order valence-electron chi connectivity index (χ3n) is 4.84. The van der Waals surface area contributed by atoms with E-state index in [1.54, 1.807) is 24.1 Å². The Bertz CT molecular complexity index is 901. The fourth-order valence-electron chi connectivity index (χ4n) is 3.37. The molecule has 2 amide bonds. The van der Waals surface area contributed by atoms with Crippen molar-refractivity contribution in [1.29, 1.82) is 0 Å². The Labute approximate surface area is 185 Å². The molecule has 3 rings (SSSR count). The number of carbonyl (C=O) groups is 2. The number of nitrogens with zero attached hydrogens (tertiary/aromatic N) is 1. The van der Waals surface area contributed by atoms with Crippen molar-refractivity contribution in [3.05, 3.63) is 57.8 Å². The van der Waals surface area contributed by atoms with Gasteiger partial charge in [0, 0.05) is 18.1 Å². The lowest BCUT2D eigenvalue weighted by atomic mass is 10.1. The molecule has 8 heteroatoms. The summed E-state index contributed by atoms with van der Waals surface area (Å²) in [7, 11) is 1.56. The average molecular weight is 449 g/mol. The summed E-state index contributed by atoms with van der Waals surface area (Å²) >= 11 is 7.19. The number of ether oxygens (including phenoxy) is 2. The Morgan fingerprint density at radius 1 is 1.33 bits per heavy atom. The Balaban J connectivity index is 1.90. The molecule has 1 atom stereocenters. The van der Waals surface area contributed by atoms with E-state index in [-0.39, 0.29) is 25.0 Å². The van der Waals surface area contributed by atoms with Crippen LogP contribution in [-0.4, -0.2) is 43.0 Å². The topological polar surface area (TPSA) is 67.9 Å². The van der Waals surface area contributed by atoms with Crippen LogP contribution >= 0.6 is 22.9 Å². The van der Waals surface area contributed by atoms with Gasteiger partial charge in [-0.3, -0.25) is 9.59 Å². The van der Waals surface area contributed by atoms with Gasteiger partial charge in [0.15, 0.2) is 11.5 Å². The van der Waals surface area contributed by atoms with Gasteiger partial charge in [0.2, 0.25) is 5.91 Å². The van der Waals surface area contributed by atoms with Crippen LogP contribution in [0.3, 0.4) is 0 Å². The van der Waals surface area contributed by atoms with Gasteiger partial charge < -0.3 is 19.7 Å². The molecular formula is C22H25ClN2O4S. The van der Waals surface area contributed by atoms with Crippen LogP contribution in [0.2, 0.25) is 0 Å². The zero-order chi connectivity index (χ0) is 21.5. The SMILES string of the molecule is C=C(Cl)COc1cc(CN(C(=O)c2cccs2)[C@H]2CCCCNC2=O)ccc1OC. The summed E-state index contributed by atoms with van der Waals surface area (Å²) in [5, 5.41) is 5.15. The summed E-state index contributed by atoms with van der Waals surface area (Å²) in [6.45, 7) is 4.69. The number of thiophene rings is 1. The maximum absolute atomic E-state index is 13.3. The zero-order valence-corrected chi connectivity index (χ0v) is 18.4. The highest BCUT2D eigenvalue weighted by atomic mass is 35.5. The Morgan fingerprint density at radius 2 is 2.17 bits per heavy atom. The number of carbonyl (C=O) groups excluding carboxylic acids is 2. The molecule has 2 aromatic rings. The van der Waals surface area contributed by atoms with Crippen LogP contribution < -0.4 is 14.8 Å². The molecular weight excluding hydrogens is 424 g/mol. The molecule has 0 spiro atoms. The van der Waals surface area contributed by atoms with Gasteiger partial charge >= 0.3 is 0 Å². The van der Waals surface area contributed by atoms with Gasteiger partial charge in [0.25, 0.3) is 5.91 Å². The van der Waals surface area contributed by atoms with Crippen LogP contribution in [0.4, 0.5) is 0 Å². The maximum Gasteiger partial charge on any atom is 0.264 e. The molecule has 1 N–H and O–H groups in total.